The molecular weight excluding hydrogens is 420 g/mol. The van der Waals surface area contributed by atoms with E-state index in [1.54, 1.807) is 25.8 Å². The van der Waals surface area contributed by atoms with Crippen LogP contribution in [-0.4, -0.2) is 46.9 Å². The van der Waals surface area contributed by atoms with E-state index in [0.717, 1.165) is 28.1 Å². The molecule has 1 unspecified atom stereocenters. The lowest BCUT2D eigenvalue weighted by Gasteiger charge is -2.24. The second-order valence-corrected chi connectivity index (χ2v) is 7.99. The van der Waals surface area contributed by atoms with Gasteiger partial charge in [0, 0.05) is 25.5 Å². The molecule has 0 saturated carbocycles. The number of fused-ring (bicyclic) bond motifs is 3. The minimum atomic E-state index is -0.0755. The number of hydrogen-bond donors (Lipinski definition) is 0. The van der Waals surface area contributed by atoms with Gasteiger partial charge >= 0.3 is 0 Å². The minimum Gasteiger partial charge on any atom is -0.497 e. The number of benzene rings is 2. The summed E-state index contributed by atoms with van der Waals surface area (Å²) in [7, 11) is 4.87. The van der Waals surface area contributed by atoms with Crippen molar-refractivity contribution in [3.63, 3.8) is 0 Å². The molecule has 0 amide bonds. The Morgan fingerprint density at radius 3 is 2.55 bits per heavy atom. The molecule has 33 heavy (non-hydrogen) atoms. The maximum Gasteiger partial charge on any atom is 0.185 e. The summed E-state index contributed by atoms with van der Waals surface area (Å²) >= 11 is 0. The third kappa shape index (κ3) is 3.62. The average molecular weight is 444 g/mol. The number of ether oxygens (including phenoxy) is 3. The third-order valence-electron chi connectivity index (χ3n) is 6.07. The largest absolute Gasteiger partial charge is 0.497 e. The monoisotopic (exact) mass is 444 g/mol. The van der Waals surface area contributed by atoms with Gasteiger partial charge in [0.1, 0.15) is 11.5 Å². The zero-order chi connectivity index (χ0) is 22.9. The Labute approximate surface area is 191 Å². The average Bonchev–Trinajstić information content (AvgIpc) is 3.22. The van der Waals surface area contributed by atoms with E-state index in [-0.39, 0.29) is 11.7 Å². The van der Waals surface area contributed by atoms with Crippen molar-refractivity contribution in [3.8, 4) is 22.6 Å². The fourth-order valence-electron chi connectivity index (χ4n) is 4.53. The van der Waals surface area contributed by atoms with Gasteiger partial charge in [-0.3, -0.25) is 4.79 Å². The predicted molar refractivity (Wildman–Crippen MR) is 122 cm³/mol. The van der Waals surface area contributed by atoms with E-state index in [1.807, 2.05) is 48.5 Å². The van der Waals surface area contributed by atoms with Crippen LogP contribution in [0.1, 0.15) is 39.8 Å². The molecule has 2 aromatic carbocycles. The second-order valence-electron chi connectivity index (χ2n) is 7.99. The predicted octanol–water partition coefficient (Wildman–Crippen LogP) is 3.87. The summed E-state index contributed by atoms with van der Waals surface area (Å²) in [6.07, 6.45) is 0.908. The van der Waals surface area contributed by atoms with Crippen LogP contribution in [0.15, 0.2) is 48.5 Å². The number of rotatable bonds is 6. The van der Waals surface area contributed by atoms with Crippen LogP contribution in [0.4, 0.5) is 0 Å². The number of carbonyl (C=O) groups excluding carboxylic acids is 1. The molecule has 0 aliphatic heterocycles. The van der Waals surface area contributed by atoms with Gasteiger partial charge in [-0.05, 0) is 23.6 Å². The highest BCUT2D eigenvalue weighted by Gasteiger charge is 2.33. The number of carbonyl (C=O) groups is 1. The summed E-state index contributed by atoms with van der Waals surface area (Å²) < 4.78 is 18.1. The lowest BCUT2D eigenvalue weighted by atomic mass is 9.83. The number of Topliss-reactive ketones (excluding diaryl/α,β-unsaturated/α-hetero) is 1. The van der Waals surface area contributed by atoms with E-state index < -0.39 is 0 Å². The van der Waals surface area contributed by atoms with E-state index in [9.17, 15) is 4.79 Å². The van der Waals surface area contributed by atoms with Crippen LogP contribution in [0, 0.1) is 0 Å². The Balaban J connectivity index is 1.65. The Morgan fingerprint density at radius 2 is 1.82 bits per heavy atom. The first-order valence-electron chi connectivity index (χ1n) is 10.7. The molecule has 0 spiro atoms. The Morgan fingerprint density at radius 1 is 1.00 bits per heavy atom. The van der Waals surface area contributed by atoms with Crippen molar-refractivity contribution in [2.24, 2.45) is 0 Å². The van der Waals surface area contributed by atoms with Gasteiger partial charge in [0.2, 0.25) is 0 Å². The first-order chi connectivity index (χ1) is 16.1. The van der Waals surface area contributed by atoms with E-state index in [0.29, 0.717) is 42.3 Å². The fraction of sp³-hybridized carbons (Fsp3) is 0.280. The summed E-state index contributed by atoms with van der Waals surface area (Å²) in [6.45, 7) is 0.325. The van der Waals surface area contributed by atoms with Crippen molar-refractivity contribution < 1.29 is 19.0 Å². The minimum absolute atomic E-state index is 0.0569. The maximum atomic E-state index is 13.1. The van der Waals surface area contributed by atoms with E-state index >= 15 is 0 Å². The van der Waals surface area contributed by atoms with Gasteiger partial charge in [0.15, 0.2) is 17.1 Å². The SMILES string of the molecule is COCc1nn2c3c(nnc2c1-c1ccccc1)C(=O)CC(c1ccc(OC)cc1OC)C3. The first-order valence-corrected chi connectivity index (χ1v) is 10.7. The van der Waals surface area contributed by atoms with E-state index in [1.165, 1.54) is 0 Å². The topological polar surface area (TPSA) is 87.8 Å². The summed E-state index contributed by atoms with van der Waals surface area (Å²) in [5.41, 5.74) is 5.28. The molecule has 1 atom stereocenters. The van der Waals surface area contributed by atoms with Crippen LogP contribution in [0.2, 0.25) is 0 Å². The molecule has 0 fully saturated rings. The summed E-state index contributed by atoms with van der Waals surface area (Å²) in [5.74, 6) is 1.27. The van der Waals surface area contributed by atoms with Gasteiger partial charge in [-0.15, -0.1) is 10.2 Å². The Kier molecular flexibility index (Phi) is 5.51. The van der Waals surface area contributed by atoms with Crippen molar-refractivity contribution in [1.82, 2.24) is 19.8 Å². The molecule has 0 N–H and O–H groups in total. The highest BCUT2D eigenvalue weighted by atomic mass is 16.5. The number of aromatic nitrogens is 4. The molecular formula is C25H24N4O4. The molecule has 168 valence electrons. The van der Waals surface area contributed by atoms with Crippen LogP contribution in [0.5, 0.6) is 11.5 Å². The summed E-state index contributed by atoms with van der Waals surface area (Å²) in [5, 5.41) is 13.6. The zero-order valence-electron chi connectivity index (χ0n) is 18.7. The van der Waals surface area contributed by atoms with Gasteiger partial charge in [-0.25, -0.2) is 4.52 Å². The van der Waals surface area contributed by atoms with Gasteiger partial charge in [-0.2, -0.15) is 5.10 Å². The highest BCUT2D eigenvalue weighted by Crippen LogP contribution is 2.39. The van der Waals surface area contributed by atoms with Gasteiger partial charge in [0.05, 0.1) is 37.8 Å². The first kappa shape index (κ1) is 21.1. The molecule has 0 bridgehead atoms. The summed E-state index contributed by atoms with van der Waals surface area (Å²) in [6, 6.07) is 15.6. The van der Waals surface area contributed by atoms with Crippen LogP contribution in [0.25, 0.3) is 16.8 Å². The van der Waals surface area contributed by atoms with Crippen LogP contribution in [-0.2, 0) is 17.8 Å². The number of nitrogens with zero attached hydrogens (tertiary/aromatic N) is 4. The van der Waals surface area contributed by atoms with Crippen molar-refractivity contribution in [3.05, 3.63) is 71.2 Å². The summed E-state index contributed by atoms with van der Waals surface area (Å²) in [4.78, 5) is 13.1. The van der Waals surface area contributed by atoms with Crippen molar-refractivity contribution in [2.45, 2.75) is 25.4 Å². The molecule has 1 aliphatic rings. The number of hydrogen-bond acceptors (Lipinski definition) is 7. The standard InChI is InChI=1S/C25H24N4O4/c1-31-14-19-23(15-7-5-4-6-8-15)25-27-26-24-20(29(25)28-19)11-16(12-21(24)30)18-10-9-17(32-2)13-22(18)33-3/h4-10,13,16H,11-12,14H2,1-3H3. The van der Waals surface area contributed by atoms with Crippen LogP contribution < -0.4 is 9.47 Å². The van der Waals surface area contributed by atoms with Crippen LogP contribution >= 0.6 is 0 Å². The quantitative estimate of drug-likeness (QED) is 0.446. The molecule has 8 nitrogen and oxygen atoms in total. The highest BCUT2D eigenvalue weighted by molar-refractivity contribution is 5.97. The fourth-order valence-corrected chi connectivity index (χ4v) is 4.53. The van der Waals surface area contributed by atoms with Crippen LogP contribution in [0.3, 0.4) is 0 Å². The molecule has 8 heteroatoms. The zero-order valence-corrected chi connectivity index (χ0v) is 18.7. The van der Waals surface area contributed by atoms with Gasteiger partial charge in [-0.1, -0.05) is 36.4 Å². The van der Waals surface area contributed by atoms with Crippen molar-refractivity contribution >= 4 is 11.4 Å². The van der Waals surface area contributed by atoms with Gasteiger partial charge < -0.3 is 14.2 Å². The van der Waals surface area contributed by atoms with Crippen molar-refractivity contribution in [1.29, 1.82) is 0 Å². The van der Waals surface area contributed by atoms with Gasteiger partial charge in [0.25, 0.3) is 0 Å². The van der Waals surface area contributed by atoms with E-state index in [2.05, 4.69) is 10.2 Å². The Bertz CT molecular complexity index is 1330. The lowest BCUT2D eigenvalue weighted by Crippen LogP contribution is -2.24. The molecule has 1 aliphatic carbocycles. The maximum absolute atomic E-state index is 13.1. The molecule has 5 rings (SSSR count). The molecule has 4 aromatic rings. The van der Waals surface area contributed by atoms with Crippen molar-refractivity contribution in [2.75, 3.05) is 21.3 Å². The van der Waals surface area contributed by atoms with E-state index in [4.69, 9.17) is 19.3 Å². The molecule has 2 aromatic heterocycles. The third-order valence-corrected chi connectivity index (χ3v) is 6.07. The number of methoxy groups -OCH3 is 3. The Hall–Kier alpha value is -3.78. The normalized spacial score (nSPS) is 15.5. The second kappa shape index (κ2) is 8.63. The lowest BCUT2D eigenvalue weighted by molar-refractivity contribution is 0.0955. The number of ketones is 1. The molecule has 0 radical (unpaired) electrons. The molecule has 0 saturated heterocycles. The smallest absolute Gasteiger partial charge is 0.185 e. The molecule has 2 heterocycles.